The van der Waals surface area contributed by atoms with Gasteiger partial charge in [-0.2, -0.15) is 0 Å². The highest BCUT2D eigenvalue weighted by Crippen LogP contribution is 2.28. The minimum atomic E-state index is -0.301. The van der Waals surface area contributed by atoms with Crippen LogP contribution in [0.15, 0.2) is 18.2 Å². The Labute approximate surface area is 160 Å². The van der Waals surface area contributed by atoms with E-state index in [0.717, 1.165) is 10.0 Å². The van der Waals surface area contributed by atoms with Crippen molar-refractivity contribution in [1.82, 2.24) is 20.0 Å². The quantitative estimate of drug-likeness (QED) is 0.809. The van der Waals surface area contributed by atoms with E-state index in [1.54, 1.807) is 39.3 Å². The van der Waals surface area contributed by atoms with Crippen LogP contribution in [0.4, 0.5) is 10.5 Å². The Morgan fingerprint density at radius 3 is 2.58 bits per heavy atom. The van der Waals surface area contributed by atoms with Gasteiger partial charge in [0.2, 0.25) is 0 Å². The van der Waals surface area contributed by atoms with Crippen molar-refractivity contribution in [3.05, 3.63) is 33.2 Å². The number of nitrogens with zero attached hydrogens (tertiary/aromatic N) is 4. The number of anilines is 1. The summed E-state index contributed by atoms with van der Waals surface area (Å²) in [7, 11) is 4.95. The smallest absolute Gasteiger partial charge is 0.321 e. The first-order valence-corrected chi connectivity index (χ1v) is 8.89. The van der Waals surface area contributed by atoms with Crippen LogP contribution in [0.25, 0.3) is 0 Å². The van der Waals surface area contributed by atoms with Crippen LogP contribution in [0.2, 0.25) is 5.02 Å². The zero-order chi connectivity index (χ0) is 19.3. The largest absolute Gasteiger partial charge is 0.482 e. The van der Waals surface area contributed by atoms with E-state index in [1.807, 2.05) is 6.92 Å². The first kappa shape index (κ1) is 19.9. The van der Waals surface area contributed by atoms with Crippen molar-refractivity contribution >= 4 is 40.6 Å². The Kier molecular flexibility index (Phi) is 6.76. The average Bonchev–Trinajstić information content (AvgIpc) is 2.98. The van der Waals surface area contributed by atoms with Gasteiger partial charge in [-0.05, 0) is 25.1 Å². The number of nitrogens with one attached hydrogen (secondary N) is 1. The third-order valence-corrected chi connectivity index (χ3v) is 4.44. The molecule has 1 aromatic heterocycles. The minimum absolute atomic E-state index is 0.109. The van der Waals surface area contributed by atoms with Crippen molar-refractivity contribution in [1.29, 1.82) is 0 Å². The number of carbonyl (C=O) groups is 2. The molecule has 0 spiro atoms. The molecule has 2 rings (SSSR count). The van der Waals surface area contributed by atoms with Crippen LogP contribution < -0.4 is 10.1 Å². The third kappa shape index (κ3) is 5.57. The summed E-state index contributed by atoms with van der Waals surface area (Å²) in [6.07, 6.45) is 0. The second-order valence-corrected chi connectivity index (χ2v) is 7.40. The summed E-state index contributed by atoms with van der Waals surface area (Å²) in [5, 5.41) is 12.6. The second-order valence-electron chi connectivity index (χ2n) is 5.72. The number of aromatic nitrogens is 2. The SMILES string of the molecule is Cc1nnc(CN(C)C(=O)Nc2ccc(OCC(=O)N(C)C)c(Cl)c2)s1. The molecule has 8 nitrogen and oxygen atoms in total. The van der Waals surface area contributed by atoms with Crippen LogP contribution in [-0.4, -0.2) is 59.7 Å². The number of aryl methyl sites for hydroxylation is 1. The highest BCUT2D eigenvalue weighted by Gasteiger charge is 2.13. The molecule has 0 saturated carbocycles. The van der Waals surface area contributed by atoms with Gasteiger partial charge < -0.3 is 19.9 Å². The fourth-order valence-electron chi connectivity index (χ4n) is 1.86. The molecule has 0 aliphatic rings. The van der Waals surface area contributed by atoms with Gasteiger partial charge in [-0.25, -0.2) is 4.79 Å². The first-order chi connectivity index (χ1) is 12.3. The highest BCUT2D eigenvalue weighted by molar-refractivity contribution is 7.11. The molecule has 1 N–H and O–H groups in total. The lowest BCUT2D eigenvalue weighted by molar-refractivity contribution is -0.130. The van der Waals surface area contributed by atoms with E-state index in [0.29, 0.717) is 23.0 Å². The summed E-state index contributed by atoms with van der Waals surface area (Å²) >= 11 is 7.60. The molecule has 1 aromatic carbocycles. The summed E-state index contributed by atoms with van der Waals surface area (Å²) in [6, 6.07) is 4.53. The van der Waals surface area contributed by atoms with E-state index < -0.39 is 0 Å². The van der Waals surface area contributed by atoms with Crippen LogP contribution in [-0.2, 0) is 11.3 Å². The van der Waals surface area contributed by atoms with Crippen molar-refractivity contribution in [3.63, 3.8) is 0 Å². The number of hydrogen-bond acceptors (Lipinski definition) is 6. The highest BCUT2D eigenvalue weighted by atomic mass is 35.5. The lowest BCUT2D eigenvalue weighted by Gasteiger charge is -2.17. The van der Waals surface area contributed by atoms with E-state index in [1.165, 1.54) is 21.1 Å². The molecule has 26 heavy (non-hydrogen) atoms. The predicted molar refractivity (Wildman–Crippen MR) is 101 cm³/mol. The topological polar surface area (TPSA) is 87.7 Å². The van der Waals surface area contributed by atoms with Gasteiger partial charge in [0.25, 0.3) is 5.91 Å². The molecule has 10 heteroatoms. The van der Waals surface area contributed by atoms with Crippen LogP contribution in [0.1, 0.15) is 10.0 Å². The van der Waals surface area contributed by atoms with Crippen LogP contribution in [0, 0.1) is 6.92 Å². The number of halogens is 1. The molecule has 2 aromatic rings. The van der Waals surface area contributed by atoms with Gasteiger partial charge in [0, 0.05) is 26.8 Å². The van der Waals surface area contributed by atoms with E-state index in [2.05, 4.69) is 15.5 Å². The van der Waals surface area contributed by atoms with Gasteiger partial charge in [-0.15, -0.1) is 10.2 Å². The Morgan fingerprint density at radius 1 is 1.27 bits per heavy atom. The summed E-state index contributed by atoms with van der Waals surface area (Å²) < 4.78 is 5.39. The zero-order valence-electron chi connectivity index (χ0n) is 14.9. The average molecular weight is 398 g/mol. The van der Waals surface area contributed by atoms with E-state index >= 15 is 0 Å². The van der Waals surface area contributed by atoms with E-state index in [4.69, 9.17) is 16.3 Å². The number of benzene rings is 1. The summed E-state index contributed by atoms with van der Waals surface area (Å²) in [4.78, 5) is 26.7. The van der Waals surface area contributed by atoms with Crippen LogP contribution in [0.5, 0.6) is 5.75 Å². The number of amides is 3. The Morgan fingerprint density at radius 2 is 2.00 bits per heavy atom. The normalized spacial score (nSPS) is 10.3. The number of urea groups is 1. The molecule has 3 amide bonds. The van der Waals surface area contributed by atoms with Gasteiger partial charge >= 0.3 is 6.03 Å². The molecular weight excluding hydrogens is 378 g/mol. The second kappa shape index (κ2) is 8.81. The number of hydrogen-bond donors (Lipinski definition) is 1. The molecule has 0 saturated heterocycles. The zero-order valence-corrected chi connectivity index (χ0v) is 16.5. The summed E-state index contributed by atoms with van der Waals surface area (Å²) in [6.45, 7) is 2.11. The Bertz CT molecular complexity index is 796. The fraction of sp³-hybridized carbons (Fsp3) is 0.375. The fourth-order valence-corrected chi connectivity index (χ4v) is 2.86. The van der Waals surface area contributed by atoms with Gasteiger partial charge in [0.1, 0.15) is 15.8 Å². The van der Waals surface area contributed by atoms with Gasteiger partial charge in [0.15, 0.2) is 6.61 Å². The van der Waals surface area contributed by atoms with Crippen molar-refractivity contribution in [2.45, 2.75) is 13.5 Å². The Hall–Kier alpha value is -2.39. The monoisotopic (exact) mass is 397 g/mol. The lowest BCUT2D eigenvalue weighted by Crippen LogP contribution is -2.30. The minimum Gasteiger partial charge on any atom is -0.482 e. The standard InChI is InChI=1S/C16H20ClN5O3S/c1-10-19-20-14(26-10)8-22(4)16(24)18-11-5-6-13(12(17)7-11)25-9-15(23)21(2)3/h5-7H,8-9H2,1-4H3,(H,18,24). The molecule has 0 fully saturated rings. The molecular formula is C16H20ClN5O3S. The molecule has 1 heterocycles. The van der Waals surface area contributed by atoms with Crippen molar-refractivity contribution in [2.75, 3.05) is 33.1 Å². The maximum Gasteiger partial charge on any atom is 0.321 e. The molecule has 0 radical (unpaired) electrons. The number of rotatable bonds is 6. The van der Waals surface area contributed by atoms with Crippen molar-refractivity contribution in [2.24, 2.45) is 0 Å². The molecule has 0 bridgehead atoms. The maximum absolute atomic E-state index is 12.3. The summed E-state index contributed by atoms with van der Waals surface area (Å²) in [5.41, 5.74) is 0.520. The molecule has 0 atom stereocenters. The first-order valence-electron chi connectivity index (χ1n) is 7.70. The van der Waals surface area contributed by atoms with Gasteiger partial charge in [-0.3, -0.25) is 4.79 Å². The van der Waals surface area contributed by atoms with Crippen molar-refractivity contribution in [3.8, 4) is 5.75 Å². The molecule has 0 aliphatic carbocycles. The molecule has 0 unspecified atom stereocenters. The third-order valence-electron chi connectivity index (χ3n) is 3.32. The van der Waals surface area contributed by atoms with E-state index in [9.17, 15) is 9.59 Å². The molecule has 0 aliphatic heterocycles. The molecule has 140 valence electrons. The van der Waals surface area contributed by atoms with Crippen LogP contribution in [0.3, 0.4) is 0 Å². The van der Waals surface area contributed by atoms with Gasteiger partial charge in [-0.1, -0.05) is 22.9 Å². The Balaban J connectivity index is 1.93. The maximum atomic E-state index is 12.3. The van der Waals surface area contributed by atoms with Gasteiger partial charge in [0.05, 0.1) is 11.6 Å². The number of carbonyl (C=O) groups excluding carboxylic acids is 2. The van der Waals surface area contributed by atoms with E-state index in [-0.39, 0.29) is 18.5 Å². The summed E-state index contributed by atoms with van der Waals surface area (Å²) in [5.74, 6) is 0.199. The lowest BCUT2D eigenvalue weighted by atomic mass is 10.3. The predicted octanol–water partition coefficient (Wildman–Crippen LogP) is 2.63. The van der Waals surface area contributed by atoms with Crippen molar-refractivity contribution < 1.29 is 14.3 Å². The van der Waals surface area contributed by atoms with Crippen LogP contribution >= 0.6 is 22.9 Å². The number of ether oxygens (including phenoxy) is 1. The number of likely N-dealkylation sites (N-methyl/N-ethyl adjacent to an activating group) is 1.